The molecule has 1 aromatic heterocycles. The highest BCUT2D eigenvalue weighted by Crippen LogP contribution is 2.23. The van der Waals surface area contributed by atoms with Gasteiger partial charge in [-0.15, -0.1) is 0 Å². The summed E-state index contributed by atoms with van der Waals surface area (Å²) in [6.45, 7) is 9.71. The quantitative estimate of drug-likeness (QED) is 0.550. The Bertz CT molecular complexity index is 946. The zero-order valence-corrected chi connectivity index (χ0v) is 20.6. The van der Waals surface area contributed by atoms with Crippen LogP contribution in [-0.2, 0) is 22.5 Å². The minimum Gasteiger partial charge on any atom is -0.444 e. The third kappa shape index (κ3) is 6.77. The first-order valence-electron chi connectivity index (χ1n) is 11.7. The van der Waals surface area contributed by atoms with Crippen molar-refractivity contribution in [2.75, 3.05) is 0 Å². The number of alkyl carbamates (subject to hydrolysis) is 1. The van der Waals surface area contributed by atoms with Gasteiger partial charge in [-0.3, -0.25) is 15.1 Å². The summed E-state index contributed by atoms with van der Waals surface area (Å²) in [5.41, 5.74) is 1.01. The number of amides is 2. The molecule has 1 fully saturated rings. The van der Waals surface area contributed by atoms with Crippen LogP contribution in [0.25, 0.3) is 0 Å². The summed E-state index contributed by atoms with van der Waals surface area (Å²) in [5, 5.41) is 17.5. The number of aliphatic hydroxyl groups is 1. The van der Waals surface area contributed by atoms with Gasteiger partial charge in [0.2, 0.25) is 5.91 Å². The lowest BCUT2D eigenvalue weighted by atomic mass is 9.96. The Kier molecular flexibility index (Phi) is 8.28. The molecule has 3 rings (SSSR count). The van der Waals surface area contributed by atoms with Gasteiger partial charge in [-0.2, -0.15) is 0 Å². The van der Waals surface area contributed by atoms with Crippen LogP contribution in [-0.4, -0.2) is 56.9 Å². The first kappa shape index (κ1) is 25.6. The van der Waals surface area contributed by atoms with E-state index in [0.717, 1.165) is 11.3 Å². The van der Waals surface area contributed by atoms with Crippen molar-refractivity contribution >= 4 is 12.0 Å². The van der Waals surface area contributed by atoms with Crippen molar-refractivity contribution in [3.63, 3.8) is 0 Å². The molecule has 0 spiro atoms. The number of benzene rings is 1. The standard InChI is InChI=1S/C26H36N4O4/c1-17(2)23-29-21(24(32)30(23)16-19-13-9-10-14-27-19)22(31)20(15-18-11-7-6-8-12-18)28-25(33)34-26(3,4)5/h6-14,17,20-23,29,31H,15-16H2,1-5H3,(H,28,33)/t20-,21-,22+,23?/m0/s1. The molecular weight excluding hydrogens is 432 g/mol. The van der Waals surface area contributed by atoms with Gasteiger partial charge >= 0.3 is 6.09 Å². The fourth-order valence-corrected chi connectivity index (χ4v) is 4.12. The summed E-state index contributed by atoms with van der Waals surface area (Å²) in [5.74, 6) is -0.114. The van der Waals surface area contributed by atoms with Gasteiger partial charge in [-0.25, -0.2) is 4.79 Å². The number of nitrogens with zero attached hydrogens (tertiary/aromatic N) is 2. The Morgan fingerprint density at radius 3 is 2.44 bits per heavy atom. The van der Waals surface area contributed by atoms with Gasteiger partial charge < -0.3 is 20.1 Å². The number of hydrogen-bond acceptors (Lipinski definition) is 6. The fourth-order valence-electron chi connectivity index (χ4n) is 4.12. The lowest BCUT2D eigenvalue weighted by Gasteiger charge is -2.29. The number of carbonyl (C=O) groups is 2. The lowest BCUT2D eigenvalue weighted by molar-refractivity contribution is -0.133. The Hall–Kier alpha value is -2.97. The number of pyridine rings is 1. The highest BCUT2D eigenvalue weighted by atomic mass is 16.6. The van der Waals surface area contributed by atoms with E-state index in [1.165, 1.54) is 0 Å². The van der Waals surface area contributed by atoms with E-state index < -0.39 is 29.9 Å². The van der Waals surface area contributed by atoms with Crippen LogP contribution in [0.15, 0.2) is 54.7 Å². The predicted molar refractivity (Wildman–Crippen MR) is 130 cm³/mol. The fraction of sp³-hybridized carbons (Fsp3) is 0.500. The van der Waals surface area contributed by atoms with E-state index >= 15 is 0 Å². The second-order valence-corrected chi connectivity index (χ2v) is 10.1. The van der Waals surface area contributed by atoms with Crippen LogP contribution in [0.4, 0.5) is 4.79 Å². The second kappa shape index (κ2) is 11.0. The van der Waals surface area contributed by atoms with E-state index in [1.807, 2.05) is 62.4 Å². The lowest BCUT2D eigenvalue weighted by Crippen LogP contribution is -2.55. The van der Waals surface area contributed by atoms with E-state index in [2.05, 4.69) is 15.6 Å². The molecule has 1 unspecified atom stereocenters. The topological polar surface area (TPSA) is 104 Å². The normalized spacial score (nSPS) is 20.3. The van der Waals surface area contributed by atoms with E-state index in [9.17, 15) is 14.7 Å². The van der Waals surface area contributed by atoms with Crippen molar-refractivity contribution in [3.8, 4) is 0 Å². The van der Waals surface area contributed by atoms with Crippen LogP contribution in [0.2, 0.25) is 0 Å². The molecule has 1 saturated heterocycles. The molecule has 0 radical (unpaired) electrons. The van der Waals surface area contributed by atoms with E-state index in [4.69, 9.17) is 4.74 Å². The van der Waals surface area contributed by atoms with Crippen LogP contribution >= 0.6 is 0 Å². The summed E-state index contributed by atoms with van der Waals surface area (Å²) in [7, 11) is 0. The van der Waals surface area contributed by atoms with Gasteiger partial charge in [-0.1, -0.05) is 50.2 Å². The second-order valence-electron chi connectivity index (χ2n) is 10.1. The van der Waals surface area contributed by atoms with Crippen LogP contribution in [0.1, 0.15) is 45.9 Å². The van der Waals surface area contributed by atoms with Gasteiger partial charge in [-0.05, 0) is 50.8 Å². The summed E-state index contributed by atoms with van der Waals surface area (Å²) in [6.07, 6.45) is -0.0353. The molecule has 2 aromatic rings. The van der Waals surface area contributed by atoms with Crippen molar-refractivity contribution in [2.45, 2.75) is 77.5 Å². The average molecular weight is 469 g/mol. The molecule has 34 heavy (non-hydrogen) atoms. The third-order valence-electron chi connectivity index (χ3n) is 5.68. The molecular formula is C26H36N4O4. The summed E-state index contributed by atoms with van der Waals surface area (Å²) < 4.78 is 5.42. The molecule has 184 valence electrons. The zero-order chi connectivity index (χ0) is 24.9. The number of ether oxygens (including phenoxy) is 1. The first-order chi connectivity index (χ1) is 16.0. The molecule has 1 aliphatic heterocycles. The smallest absolute Gasteiger partial charge is 0.407 e. The minimum atomic E-state index is -1.17. The number of hydrogen-bond donors (Lipinski definition) is 3. The van der Waals surface area contributed by atoms with E-state index in [-0.39, 0.29) is 18.0 Å². The maximum absolute atomic E-state index is 13.5. The average Bonchev–Trinajstić information content (AvgIpc) is 3.09. The molecule has 1 aliphatic rings. The molecule has 0 bridgehead atoms. The van der Waals surface area contributed by atoms with Gasteiger partial charge in [0.1, 0.15) is 11.6 Å². The molecule has 2 amide bonds. The third-order valence-corrected chi connectivity index (χ3v) is 5.68. The molecule has 0 saturated carbocycles. The molecule has 8 nitrogen and oxygen atoms in total. The number of rotatable bonds is 8. The van der Waals surface area contributed by atoms with Crippen LogP contribution in [0.3, 0.4) is 0 Å². The summed E-state index contributed by atoms with van der Waals surface area (Å²) in [6, 6.07) is 13.5. The number of aliphatic hydroxyl groups excluding tert-OH is 1. The van der Waals surface area contributed by atoms with E-state index in [1.54, 1.807) is 31.9 Å². The van der Waals surface area contributed by atoms with Crippen molar-refractivity contribution in [1.82, 2.24) is 20.5 Å². The Morgan fingerprint density at radius 1 is 1.18 bits per heavy atom. The van der Waals surface area contributed by atoms with Crippen molar-refractivity contribution in [2.24, 2.45) is 5.92 Å². The first-order valence-corrected chi connectivity index (χ1v) is 11.7. The molecule has 8 heteroatoms. The van der Waals surface area contributed by atoms with E-state index in [0.29, 0.717) is 13.0 Å². The Balaban J connectivity index is 1.82. The minimum absolute atomic E-state index is 0.108. The zero-order valence-electron chi connectivity index (χ0n) is 20.6. The van der Waals surface area contributed by atoms with Gasteiger partial charge in [0, 0.05) is 6.20 Å². The molecule has 2 heterocycles. The largest absolute Gasteiger partial charge is 0.444 e. The van der Waals surface area contributed by atoms with Gasteiger partial charge in [0.15, 0.2) is 0 Å². The molecule has 1 aromatic carbocycles. The molecule has 3 N–H and O–H groups in total. The predicted octanol–water partition coefficient (Wildman–Crippen LogP) is 2.86. The van der Waals surface area contributed by atoms with Crippen molar-refractivity contribution in [1.29, 1.82) is 0 Å². The number of aromatic nitrogens is 1. The maximum atomic E-state index is 13.5. The van der Waals surface area contributed by atoms with Crippen LogP contribution < -0.4 is 10.6 Å². The Morgan fingerprint density at radius 2 is 1.85 bits per heavy atom. The van der Waals surface area contributed by atoms with Crippen molar-refractivity contribution in [3.05, 3.63) is 66.0 Å². The highest BCUT2D eigenvalue weighted by Gasteiger charge is 2.46. The highest BCUT2D eigenvalue weighted by molar-refractivity contribution is 5.85. The van der Waals surface area contributed by atoms with Gasteiger partial charge in [0.05, 0.1) is 30.6 Å². The number of nitrogens with one attached hydrogen (secondary N) is 2. The summed E-state index contributed by atoms with van der Waals surface area (Å²) >= 11 is 0. The van der Waals surface area contributed by atoms with Crippen molar-refractivity contribution < 1.29 is 19.4 Å². The summed E-state index contributed by atoms with van der Waals surface area (Å²) in [4.78, 5) is 32.1. The monoisotopic (exact) mass is 468 g/mol. The van der Waals surface area contributed by atoms with Crippen LogP contribution in [0.5, 0.6) is 0 Å². The molecule has 0 aliphatic carbocycles. The van der Waals surface area contributed by atoms with Crippen LogP contribution in [0, 0.1) is 5.92 Å². The number of carbonyl (C=O) groups excluding carboxylic acids is 2. The Labute approximate surface area is 201 Å². The SMILES string of the molecule is CC(C)C1N[C@@H]([C@H](O)[C@H](Cc2ccccc2)NC(=O)OC(C)(C)C)C(=O)N1Cc1ccccn1. The van der Waals surface area contributed by atoms with Gasteiger partial charge in [0.25, 0.3) is 0 Å². The molecule has 4 atom stereocenters. The maximum Gasteiger partial charge on any atom is 0.407 e.